The van der Waals surface area contributed by atoms with Gasteiger partial charge < -0.3 is 10.2 Å². The SMILES string of the molecule is CCNC(=NCCc1csc(CC)n1)N1CCC(c2ccccc2)C1.I. The molecule has 0 saturated carbocycles. The fourth-order valence-corrected chi connectivity index (χ4v) is 4.06. The summed E-state index contributed by atoms with van der Waals surface area (Å²) in [6.07, 6.45) is 3.13. The Morgan fingerprint density at radius 1 is 1.31 bits per heavy atom. The molecule has 1 fully saturated rings. The number of aryl methyl sites for hydroxylation is 1. The smallest absolute Gasteiger partial charge is 0.193 e. The molecule has 142 valence electrons. The van der Waals surface area contributed by atoms with E-state index in [4.69, 9.17) is 4.99 Å². The van der Waals surface area contributed by atoms with Crippen molar-refractivity contribution in [2.45, 2.75) is 39.0 Å². The van der Waals surface area contributed by atoms with Crippen LogP contribution in [0.4, 0.5) is 0 Å². The standard InChI is InChI=1S/C20H28N4S.HI/c1-3-19-23-18(15-25-19)10-12-22-20(21-4-2)24-13-11-17(14-24)16-8-6-5-7-9-16;/h5-9,15,17H,3-4,10-14H2,1-2H3,(H,21,22);1H. The topological polar surface area (TPSA) is 40.5 Å². The highest BCUT2D eigenvalue weighted by Gasteiger charge is 2.25. The van der Waals surface area contributed by atoms with Crippen molar-refractivity contribution in [3.8, 4) is 0 Å². The van der Waals surface area contributed by atoms with Crippen LogP contribution >= 0.6 is 35.3 Å². The van der Waals surface area contributed by atoms with Crippen LogP contribution in [-0.4, -0.2) is 42.0 Å². The highest BCUT2D eigenvalue weighted by Crippen LogP contribution is 2.26. The Kier molecular flexibility index (Phi) is 8.84. The van der Waals surface area contributed by atoms with E-state index in [0.717, 1.165) is 45.0 Å². The second-order valence-electron chi connectivity index (χ2n) is 6.41. The summed E-state index contributed by atoms with van der Waals surface area (Å²) >= 11 is 1.76. The lowest BCUT2D eigenvalue weighted by Gasteiger charge is -2.21. The summed E-state index contributed by atoms with van der Waals surface area (Å²) in [4.78, 5) is 11.9. The van der Waals surface area contributed by atoms with Gasteiger partial charge in [-0.05, 0) is 25.3 Å². The zero-order chi connectivity index (χ0) is 17.5. The van der Waals surface area contributed by atoms with Gasteiger partial charge in [-0.2, -0.15) is 0 Å². The van der Waals surface area contributed by atoms with Crippen LogP contribution in [0.3, 0.4) is 0 Å². The Morgan fingerprint density at radius 2 is 2.12 bits per heavy atom. The lowest BCUT2D eigenvalue weighted by molar-refractivity contribution is 0.486. The monoisotopic (exact) mass is 484 g/mol. The largest absolute Gasteiger partial charge is 0.357 e. The van der Waals surface area contributed by atoms with Gasteiger partial charge in [-0.25, -0.2) is 4.98 Å². The summed E-state index contributed by atoms with van der Waals surface area (Å²) in [5, 5.41) is 6.85. The van der Waals surface area contributed by atoms with Crippen molar-refractivity contribution < 1.29 is 0 Å². The molecule has 0 spiro atoms. The van der Waals surface area contributed by atoms with E-state index in [1.807, 2.05) is 0 Å². The Hall–Kier alpha value is -1.15. The van der Waals surface area contributed by atoms with Gasteiger partial charge in [-0.1, -0.05) is 37.3 Å². The van der Waals surface area contributed by atoms with Gasteiger partial charge in [-0.3, -0.25) is 4.99 Å². The first-order valence-corrected chi connectivity index (χ1v) is 10.2. The maximum atomic E-state index is 4.85. The van der Waals surface area contributed by atoms with E-state index in [-0.39, 0.29) is 24.0 Å². The number of hydrogen-bond acceptors (Lipinski definition) is 3. The number of nitrogens with zero attached hydrogens (tertiary/aromatic N) is 3. The number of halogens is 1. The fourth-order valence-electron chi connectivity index (χ4n) is 3.28. The highest BCUT2D eigenvalue weighted by atomic mass is 127. The van der Waals surface area contributed by atoms with E-state index < -0.39 is 0 Å². The number of likely N-dealkylation sites (tertiary alicyclic amines) is 1. The third-order valence-electron chi connectivity index (χ3n) is 4.62. The van der Waals surface area contributed by atoms with Crippen molar-refractivity contribution in [3.63, 3.8) is 0 Å². The summed E-state index contributed by atoms with van der Waals surface area (Å²) < 4.78 is 0. The van der Waals surface area contributed by atoms with Gasteiger partial charge in [0.15, 0.2) is 5.96 Å². The van der Waals surface area contributed by atoms with Gasteiger partial charge in [0, 0.05) is 43.9 Å². The normalized spacial score (nSPS) is 17.2. The molecule has 1 saturated heterocycles. The molecule has 1 aliphatic rings. The van der Waals surface area contributed by atoms with Crippen molar-refractivity contribution >= 4 is 41.3 Å². The summed E-state index contributed by atoms with van der Waals surface area (Å²) in [6, 6.07) is 10.8. The van der Waals surface area contributed by atoms with Crippen LogP contribution in [0.5, 0.6) is 0 Å². The van der Waals surface area contributed by atoms with E-state index in [0.29, 0.717) is 5.92 Å². The summed E-state index contributed by atoms with van der Waals surface area (Å²) in [6.45, 7) is 8.10. The maximum absolute atomic E-state index is 4.85. The predicted molar refractivity (Wildman–Crippen MR) is 122 cm³/mol. The molecule has 1 atom stereocenters. The average molecular weight is 484 g/mol. The molecule has 1 aliphatic heterocycles. The minimum atomic E-state index is 0. The highest BCUT2D eigenvalue weighted by molar-refractivity contribution is 14.0. The molecule has 2 aromatic rings. The van der Waals surface area contributed by atoms with Gasteiger partial charge in [0.25, 0.3) is 0 Å². The van der Waals surface area contributed by atoms with Crippen molar-refractivity contribution in [2.75, 3.05) is 26.2 Å². The van der Waals surface area contributed by atoms with Crippen molar-refractivity contribution in [1.29, 1.82) is 0 Å². The summed E-state index contributed by atoms with van der Waals surface area (Å²) in [5.74, 6) is 1.66. The molecule has 1 unspecified atom stereocenters. The Morgan fingerprint density at radius 3 is 2.81 bits per heavy atom. The van der Waals surface area contributed by atoms with Crippen molar-refractivity contribution in [1.82, 2.24) is 15.2 Å². The minimum absolute atomic E-state index is 0. The molecule has 26 heavy (non-hydrogen) atoms. The maximum Gasteiger partial charge on any atom is 0.193 e. The minimum Gasteiger partial charge on any atom is -0.357 e. The molecule has 1 N–H and O–H groups in total. The lowest BCUT2D eigenvalue weighted by Crippen LogP contribution is -2.40. The molecule has 0 aliphatic carbocycles. The van der Waals surface area contributed by atoms with Crippen molar-refractivity contribution in [2.24, 2.45) is 4.99 Å². The van der Waals surface area contributed by atoms with E-state index in [9.17, 15) is 0 Å². The van der Waals surface area contributed by atoms with E-state index in [1.54, 1.807) is 11.3 Å². The number of benzene rings is 1. The number of guanidine groups is 1. The van der Waals surface area contributed by atoms with Crippen LogP contribution < -0.4 is 5.32 Å². The predicted octanol–water partition coefficient (Wildman–Crippen LogP) is 4.32. The molecule has 0 amide bonds. The molecule has 1 aromatic carbocycles. The van der Waals surface area contributed by atoms with Crippen LogP contribution in [0.25, 0.3) is 0 Å². The van der Waals surface area contributed by atoms with E-state index >= 15 is 0 Å². The number of hydrogen-bond donors (Lipinski definition) is 1. The molecule has 4 nitrogen and oxygen atoms in total. The van der Waals surface area contributed by atoms with Gasteiger partial charge in [0.1, 0.15) is 0 Å². The number of rotatable bonds is 6. The van der Waals surface area contributed by atoms with Crippen LogP contribution in [0, 0.1) is 0 Å². The molecule has 6 heteroatoms. The second-order valence-corrected chi connectivity index (χ2v) is 7.36. The first-order chi connectivity index (χ1) is 12.3. The Bertz CT molecular complexity index is 686. The molecule has 0 bridgehead atoms. The third-order valence-corrected chi connectivity index (χ3v) is 5.67. The van der Waals surface area contributed by atoms with Crippen LogP contribution in [0.15, 0.2) is 40.7 Å². The fraction of sp³-hybridized carbons (Fsp3) is 0.500. The average Bonchev–Trinajstić information content (AvgIpc) is 3.31. The zero-order valence-electron chi connectivity index (χ0n) is 15.6. The summed E-state index contributed by atoms with van der Waals surface area (Å²) in [7, 11) is 0. The molecule has 0 radical (unpaired) electrons. The number of aliphatic imine (C=N–C) groups is 1. The zero-order valence-corrected chi connectivity index (χ0v) is 18.8. The lowest BCUT2D eigenvalue weighted by atomic mass is 9.99. The molecule has 1 aromatic heterocycles. The summed E-state index contributed by atoms with van der Waals surface area (Å²) in [5.41, 5.74) is 2.61. The Labute approximate surface area is 178 Å². The van der Waals surface area contributed by atoms with Crippen molar-refractivity contribution in [3.05, 3.63) is 52.0 Å². The van der Waals surface area contributed by atoms with Crippen LogP contribution in [0.2, 0.25) is 0 Å². The van der Waals surface area contributed by atoms with Crippen LogP contribution in [0.1, 0.15) is 42.5 Å². The van der Waals surface area contributed by atoms with Gasteiger partial charge in [-0.15, -0.1) is 35.3 Å². The van der Waals surface area contributed by atoms with Gasteiger partial charge >= 0.3 is 0 Å². The van der Waals surface area contributed by atoms with Gasteiger partial charge in [0.2, 0.25) is 0 Å². The second kappa shape index (κ2) is 10.9. The molecule has 3 rings (SSSR count). The Balaban J connectivity index is 0.00000243. The first kappa shape index (κ1) is 21.2. The first-order valence-electron chi connectivity index (χ1n) is 9.31. The number of nitrogens with one attached hydrogen (secondary N) is 1. The molecular weight excluding hydrogens is 455 g/mol. The third kappa shape index (κ3) is 5.67. The molecule has 2 heterocycles. The van der Waals surface area contributed by atoms with Crippen LogP contribution in [-0.2, 0) is 12.8 Å². The van der Waals surface area contributed by atoms with E-state index in [1.165, 1.54) is 22.7 Å². The number of aromatic nitrogens is 1. The molecular formula is C20H29IN4S. The quantitative estimate of drug-likeness (QED) is 0.377. The van der Waals surface area contributed by atoms with Gasteiger partial charge in [0.05, 0.1) is 10.7 Å². The number of thiazole rings is 1. The van der Waals surface area contributed by atoms with E-state index in [2.05, 4.69) is 64.8 Å².